The Hall–Kier alpha value is -1.71. The lowest BCUT2D eigenvalue weighted by Gasteiger charge is -2.17. The van der Waals surface area contributed by atoms with Crippen molar-refractivity contribution >= 4 is 6.47 Å². The van der Waals surface area contributed by atoms with E-state index in [4.69, 9.17) is 9.47 Å². The van der Waals surface area contributed by atoms with Gasteiger partial charge in [0.2, 0.25) is 0 Å². The van der Waals surface area contributed by atoms with Crippen molar-refractivity contribution in [2.45, 2.75) is 6.92 Å². The first kappa shape index (κ1) is 11.4. The molecule has 15 heavy (non-hydrogen) atoms. The van der Waals surface area contributed by atoms with E-state index in [0.29, 0.717) is 26.3 Å². The average molecular weight is 210 g/mol. The first-order chi connectivity index (χ1) is 7.38. The molecule has 0 unspecified atom stereocenters. The molecule has 0 saturated carbocycles. The Morgan fingerprint density at radius 1 is 1.27 bits per heavy atom. The molecule has 1 heterocycles. The zero-order valence-electron chi connectivity index (χ0n) is 8.64. The van der Waals surface area contributed by atoms with Crippen molar-refractivity contribution in [2.75, 3.05) is 19.8 Å². The van der Waals surface area contributed by atoms with Crippen molar-refractivity contribution in [2.24, 2.45) is 0 Å². The minimum absolute atomic E-state index is 0.431. The average Bonchev–Trinajstić information content (AvgIpc) is 2.31. The third-order valence-electron chi connectivity index (χ3n) is 1.68. The van der Waals surface area contributed by atoms with E-state index in [-0.39, 0.29) is 0 Å². The highest BCUT2D eigenvalue weighted by Crippen LogP contribution is 2.28. The zero-order chi connectivity index (χ0) is 10.9. The zero-order valence-corrected chi connectivity index (χ0v) is 8.64. The van der Waals surface area contributed by atoms with Gasteiger partial charge in [-0.25, -0.2) is 0 Å². The largest absolute Gasteiger partial charge is 0.486 e. The molecule has 1 aromatic carbocycles. The summed E-state index contributed by atoms with van der Waals surface area (Å²) in [5.74, 6) is 1.71. The van der Waals surface area contributed by atoms with Gasteiger partial charge in [0, 0.05) is 0 Å². The van der Waals surface area contributed by atoms with Crippen molar-refractivity contribution in [1.82, 2.24) is 0 Å². The molecule has 0 bridgehead atoms. The summed E-state index contributed by atoms with van der Waals surface area (Å²) in [5, 5.41) is 0. The number of fused-ring (bicyclic) bond motifs is 1. The molecule has 0 atom stereocenters. The van der Waals surface area contributed by atoms with Gasteiger partial charge in [-0.1, -0.05) is 12.1 Å². The number of carbonyl (C=O) groups is 1. The summed E-state index contributed by atoms with van der Waals surface area (Å²) in [6, 6.07) is 7.70. The Morgan fingerprint density at radius 3 is 2.13 bits per heavy atom. The van der Waals surface area contributed by atoms with E-state index in [2.05, 4.69) is 4.74 Å². The van der Waals surface area contributed by atoms with E-state index in [1.165, 1.54) is 0 Å². The second-order valence-corrected chi connectivity index (χ2v) is 2.70. The van der Waals surface area contributed by atoms with Crippen molar-refractivity contribution in [3.8, 4) is 11.5 Å². The molecule has 0 amide bonds. The second-order valence-electron chi connectivity index (χ2n) is 2.70. The van der Waals surface area contributed by atoms with E-state index in [9.17, 15) is 4.79 Å². The first-order valence-corrected chi connectivity index (χ1v) is 4.78. The van der Waals surface area contributed by atoms with Crippen LogP contribution in [0.3, 0.4) is 0 Å². The fourth-order valence-corrected chi connectivity index (χ4v) is 1.06. The summed E-state index contributed by atoms with van der Waals surface area (Å²) < 4.78 is 14.7. The summed E-state index contributed by atoms with van der Waals surface area (Å²) >= 11 is 0. The molecule has 0 saturated heterocycles. The van der Waals surface area contributed by atoms with E-state index in [1.807, 2.05) is 24.3 Å². The van der Waals surface area contributed by atoms with Crippen LogP contribution in [0.25, 0.3) is 0 Å². The number of para-hydroxylation sites is 2. The van der Waals surface area contributed by atoms with Gasteiger partial charge < -0.3 is 14.2 Å². The highest BCUT2D eigenvalue weighted by molar-refractivity contribution is 5.40. The molecule has 0 fully saturated rings. The van der Waals surface area contributed by atoms with Gasteiger partial charge in [0.15, 0.2) is 11.5 Å². The van der Waals surface area contributed by atoms with Gasteiger partial charge in [0.25, 0.3) is 6.47 Å². The highest BCUT2D eigenvalue weighted by Gasteiger charge is 2.07. The SMILES string of the molecule is CCOC=O.c1ccc2c(c1)OCCO2. The third-order valence-corrected chi connectivity index (χ3v) is 1.68. The summed E-state index contributed by atoms with van der Waals surface area (Å²) in [7, 11) is 0. The molecular weight excluding hydrogens is 196 g/mol. The minimum atomic E-state index is 0.431. The van der Waals surface area contributed by atoms with Crippen LogP contribution < -0.4 is 9.47 Å². The van der Waals surface area contributed by atoms with Crippen LogP contribution in [-0.4, -0.2) is 26.3 Å². The van der Waals surface area contributed by atoms with E-state index in [1.54, 1.807) is 6.92 Å². The first-order valence-electron chi connectivity index (χ1n) is 4.78. The number of hydrogen-bond donors (Lipinski definition) is 0. The van der Waals surface area contributed by atoms with Crippen LogP contribution in [0.1, 0.15) is 6.92 Å². The molecule has 4 nitrogen and oxygen atoms in total. The van der Waals surface area contributed by atoms with Crippen LogP contribution in [0.4, 0.5) is 0 Å². The molecule has 0 N–H and O–H groups in total. The third kappa shape index (κ3) is 3.89. The van der Waals surface area contributed by atoms with Crippen LogP contribution in [0, 0.1) is 0 Å². The Morgan fingerprint density at radius 2 is 1.80 bits per heavy atom. The van der Waals surface area contributed by atoms with Gasteiger partial charge in [-0.2, -0.15) is 0 Å². The lowest BCUT2D eigenvalue weighted by Crippen LogP contribution is -2.14. The Balaban J connectivity index is 0.000000195. The summed E-state index contributed by atoms with van der Waals surface area (Å²) in [4.78, 5) is 9.18. The highest BCUT2D eigenvalue weighted by atomic mass is 16.6. The van der Waals surface area contributed by atoms with E-state index >= 15 is 0 Å². The Labute approximate surface area is 88.8 Å². The molecule has 0 aliphatic carbocycles. The van der Waals surface area contributed by atoms with Crippen molar-refractivity contribution in [3.63, 3.8) is 0 Å². The molecule has 0 radical (unpaired) electrons. The Bertz CT molecular complexity index is 273. The number of carbonyl (C=O) groups excluding carboxylic acids is 1. The van der Waals surface area contributed by atoms with Gasteiger partial charge in [0.05, 0.1) is 6.61 Å². The topological polar surface area (TPSA) is 44.8 Å². The van der Waals surface area contributed by atoms with Crippen LogP contribution in [-0.2, 0) is 9.53 Å². The quantitative estimate of drug-likeness (QED) is 0.696. The van der Waals surface area contributed by atoms with Crippen LogP contribution in [0.5, 0.6) is 11.5 Å². The van der Waals surface area contributed by atoms with Crippen LogP contribution in [0.15, 0.2) is 24.3 Å². The smallest absolute Gasteiger partial charge is 0.293 e. The molecule has 1 aliphatic heterocycles. The van der Waals surface area contributed by atoms with Gasteiger partial charge in [0.1, 0.15) is 13.2 Å². The summed E-state index contributed by atoms with van der Waals surface area (Å²) in [5.41, 5.74) is 0. The molecular formula is C11H14O4. The normalized spacial score (nSPS) is 12.1. The number of ether oxygens (including phenoxy) is 3. The lowest BCUT2D eigenvalue weighted by molar-refractivity contribution is -0.128. The van der Waals surface area contributed by atoms with Gasteiger partial charge >= 0.3 is 0 Å². The van der Waals surface area contributed by atoms with Gasteiger partial charge in [-0.15, -0.1) is 0 Å². The molecule has 82 valence electrons. The standard InChI is InChI=1S/C8H8O2.C3H6O2/c1-2-4-8-7(3-1)9-5-6-10-8;1-2-5-3-4/h1-4H,5-6H2;3H,2H2,1H3. The maximum Gasteiger partial charge on any atom is 0.293 e. The van der Waals surface area contributed by atoms with Crippen molar-refractivity contribution < 1.29 is 19.0 Å². The lowest BCUT2D eigenvalue weighted by atomic mass is 10.3. The van der Waals surface area contributed by atoms with Gasteiger partial charge in [-0.05, 0) is 19.1 Å². The number of benzene rings is 1. The maximum atomic E-state index is 9.18. The molecule has 1 aromatic rings. The van der Waals surface area contributed by atoms with Crippen LogP contribution in [0.2, 0.25) is 0 Å². The minimum Gasteiger partial charge on any atom is -0.486 e. The Kier molecular flexibility index (Phi) is 5.08. The van der Waals surface area contributed by atoms with E-state index in [0.717, 1.165) is 11.5 Å². The number of rotatable bonds is 2. The predicted octanol–water partition coefficient (Wildman–Crippen LogP) is 1.64. The molecule has 1 aliphatic rings. The van der Waals surface area contributed by atoms with Crippen molar-refractivity contribution in [1.29, 1.82) is 0 Å². The summed E-state index contributed by atoms with van der Waals surface area (Å²) in [6.07, 6.45) is 0. The van der Waals surface area contributed by atoms with E-state index < -0.39 is 0 Å². The predicted molar refractivity (Wildman–Crippen MR) is 55.1 cm³/mol. The summed E-state index contributed by atoms with van der Waals surface area (Å²) in [6.45, 7) is 3.99. The van der Waals surface area contributed by atoms with Crippen LogP contribution >= 0.6 is 0 Å². The monoisotopic (exact) mass is 210 g/mol. The number of hydrogen-bond acceptors (Lipinski definition) is 4. The molecule has 2 rings (SSSR count). The fraction of sp³-hybridized carbons (Fsp3) is 0.364. The fourth-order valence-electron chi connectivity index (χ4n) is 1.06. The van der Waals surface area contributed by atoms with Crippen molar-refractivity contribution in [3.05, 3.63) is 24.3 Å². The molecule has 0 aromatic heterocycles. The maximum absolute atomic E-state index is 9.18. The molecule has 0 spiro atoms. The van der Waals surface area contributed by atoms with Gasteiger partial charge in [-0.3, -0.25) is 4.79 Å². The molecule has 4 heteroatoms. The second kappa shape index (κ2) is 6.70.